The van der Waals surface area contributed by atoms with Crippen molar-refractivity contribution in [2.75, 3.05) is 0 Å². The highest BCUT2D eigenvalue weighted by atomic mass is 35.5. The van der Waals surface area contributed by atoms with Crippen LogP contribution in [0.15, 0.2) is 36.5 Å². The summed E-state index contributed by atoms with van der Waals surface area (Å²) in [4.78, 5) is 0. The van der Waals surface area contributed by atoms with E-state index in [0.717, 1.165) is 12.0 Å². The first kappa shape index (κ1) is 13.1. The number of halogens is 1. The maximum atomic E-state index is 10.5. The number of rotatable bonds is 4. The minimum atomic E-state index is -0.641. The Bertz CT molecular complexity index is 490. The van der Waals surface area contributed by atoms with E-state index in [-0.39, 0.29) is 5.92 Å². The zero-order chi connectivity index (χ0) is 13.1. The van der Waals surface area contributed by atoms with E-state index in [2.05, 4.69) is 12.0 Å². The van der Waals surface area contributed by atoms with E-state index in [1.165, 1.54) is 0 Å². The van der Waals surface area contributed by atoms with Crippen molar-refractivity contribution >= 4 is 11.6 Å². The van der Waals surface area contributed by atoms with Gasteiger partial charge in [0.15, 0.2) is 0 Å². The molecule has 0 aliphatic rings. The fourth-order valence-corrected chi connectivity index (χ4v) is 2.56. The molecule has 2 atom stereocenters. The lowest BCUT2D eigenvalue weighted by atomic mass is 9.89. The van der Waals surface area contributed by atoms with Gasteiger partial charge in [0.25, 0.3) is 0 Å². The van der Waals surface area contributed by atoms with Gasteiger partial charge in [-0.05, 0) is 12.0 Å². The van der Waals surface area contributed by atoms with Crippen LogP contribution in [0.2, 0.25) is 5.02 Å². The standard InChI is InChI=1S/C14H17ClN2O/c1-3-11(10-7-5-4-6-8-10)14(18)13-12(15)9-16-17(13)2/h4-9,11,14,18H,3H2,1-2H3. The third-order valence-corrected chi connectivity index (χ3v) is 3.56. The van der Waals surface area contributed by atoms with Crippen LogP contribution in [0, 0.1) is 0 Å². The van der Waals surface area contributed by atoms with Crippen LogP contribution < -0.4 is 0 Å². The van der Waals surface area contributed by atoms with Crippen LogP contribution in [0.5, 0.6) is 0 Å². The predicted molar refractivity (Wildman–Crippen MR) is 72.7 cm³/mol. The molecule has 1 aromatic heterocycles. The highest BCUT2D eigenvalue weighted by Crippen LogP contribution is 2.36. The monoisotopic (exact) mass is 264 g/mol. The fraction of sp³-hybridized carbons (Fsp3) is 0.357. The molecule has 1 N–H and O–H groups in total. The Morgan fingerprint density at radius 1 is 1.33 bits per heavy atom. The van der Waals surface area contributed by atoms with Gasteiger partial charge in [-0.2, -0.15) is 5.10 Å². The van der Waals surface area contributed by atoms with Gasteiger partial charge in [0.2, 0.25) is 0 Å². The van der Waals surface area contributed by atoms with Crippen LogP contribution in [-0.4, -0.2) is 14.9 Å². The van der Waals surface area contributed by atoms with E-state index in [9.17, 15) is 5.11 Å². The van der Waals surface area contributed by atoms with Gasteiger partial charge in [0.1, 0.15) is 6.10 Å². The van der Waals surface area contributed by atoms with Gasteiger partial charge in [-0.15, -0.1) is 0 Å². The van der Waals surface area contributed by atoms with Crippen molar-refractivity contribution < 1.29 is 5.11 Å². The average molecular weight is 265 g/mol. The first-order chi connectivity index (χ1) is 8.65. The maximum Gasteiger partial charge on any atom is 0.104 e. The fourth-order valence-electron chi connectivity index (χ4n) is 2.28. The Morgan fingerprint density at radius 3 is 2.50 bits per heavy atom. The van der Waals surface area contributed by atoms with E-state index < -0.39 is 6.10 Å². The van der Waals surface area contributed by atoms with Crippen LogP contribution in [0.1, 0.15) is 36.6 Å². The summed E-state index contributed by atoms with van der Waals surface area (Å²) in [6, 6.07) is 9.99. The molecule has 0 spiro atoms. The van der Waals surface area contributed by atoms with Gasteiger partial charge in [-0.1, -0.05) is 48.9 Å². The van der Waals surface area contributed by atoms with Crippen molar-refractivity contribution in [1.82, 2.24) is 9.78 Å². The van der Waals surface area contributed by atoms with Crippen molar-refractivity contribution in [3.05, 3.63) is 52.8 Å². The van der Waals surface area contributed by atoms with Crippen LogP contribution >= 0.6 is 11.6 Å². The van der Waals surface area contributed by atoms with Crippen molar-refractivity contribution in [3.63, 3.8) is 0 Å². The summed E-state index contributed by atoms with van der Waals surface area (Å²) in [7, 11) is 1.79. The van der Waals surface area contributed by atoms with Gasteiger partial charge >= 0.3 is 0 Å². The van der Waals surface area contributed by atoms with Gasteiger partial charge in [-0.25, -0.2) is 0 Å². The molecule has 2 aromatic rings. The van der Waals surface area contributed by atoms with Crippen LogP contribution in [0.25, 0.3) is 0 Å². The second-order valence-corrected chi connectivity index (χ2v) is 4.78. The molecule has 96 valence electrons. The SMILES string of the molecule is CCC(c1ccccc1)C(O)c1c(Cl)cnn1C. The molecule has 0 fully saturated rings. The molecule has 0 aliphatic carbocycles. The molecule has 3 nitrogen and oxygen atoms in total. The molecule has 0 saturated carbocycles. The summed E-state index contributed by atoms with van der Waals surface area (Å²) in [5.74, 6) is 0.0269. The molecular formula is C14H17ClN2O. The molecule has 2 unspecified atom stereocenters. The number of aromatic nitrogens is 2. The Labute approximate surface area is 112 Å². The molecule has 2 rings (SSSR count). The highest BCUT2D eigenvalue weighted by Gasteiger charge is 2.25. The van der Waals surface area contributed by atoms with Crippen LogP contribution in [0.3, 0.4) is 0 Å². The lowest BCUT2D eigenvalue weighted by molar-refractivity contribution is 0.133. The van der Waals surface area contributed by atoms with E-state index in [4.69, 9.17) is 11.6 Å². The maximum absolute atomic E-state index is 10.5. The smallest absolute Gasteiger partial charge is 0.104 e. The van der Waals surface area contributed by atoms with Crippen molar-refractivity contribution in [2.45, 2.75) is 25.4 Å². The average Bonchev–Trinajstić information content (AvgIpc) is 2.71. The minimum Gasteiger partial charge on any atom is -0.386 e. The molecule has 0 bridgehead atoms. The molecule has 18 heavy (non-hydrogen) atoms. The number of nitrogens with zero attached hydrogens (tertiary/aromatic N) is 2. The number of hydrogen-bond donors (Lipinski definition) is 1. The largest absolute Gasteiger partial charge is 0.386 e. The molecule has 0 amide bonds. The van der Waals surface area contributed by atoms with E-state index >= 15 is 0 Å². The first-order valence-corrected chi connectivity index (χ1v) is 6.43. The molecule has 1 heterocycles. The van der Waals surface area contributed by atoms with Gasteiger partial charge < -0.3 is 5.11 Å². The minimum absolute atomic E-state index is 0.0269. The Balaban J connectivity index is 2.34. The summed E-state index contributed by atoms with van der Waals surface area (Å²) < 4.78 is 1.64. The third kappa shape index (κ3) is 2.42. The third-order valence-electron chi connectivity index (χ3n) is 3.27. The van der Waals surface area contributed by atoms with Crippen molar-refractivity contribution in [2.24, 2.45) is 7.05 Å². The van der Waals surface area contributed by atoms with Crippen LogP contribution in [0.4, 0.5) is 0 Å². The number of hydrogen-bond acceptors (Lipinski definition) is 2. The Morgan fingerprint density at radius 2 is 2.00 bits per heavy atom. The van der Waals surface area contributed by atoms with Gasteiger partial charge in [-0.3, -0.25) is 4.68 Å². The molecule has 4 heteroatoms. The second kappa shape index (κ2) is 5.55. The highest BCUT2D eigenvalue weighted by molar-refractivity contribution is 6.31. The zero-order valence-electron chi connectivity index (χ0n) is 10.5. The first-order valence-electron chi connectivity index (χ1n) is 6.05. The van der Waals surface area contributed by atoms with E-state index in [1.54, 1.807) is 17.9 Å². The topological polar surface area (TPSA) is 38.1 Å². The number of benzene rings is 1. The van der Waals surface area contributed by atoms with E-state index in [1.807, 2.05) is 30.3 Å². The quantitative estimate of drug-likeness (QED) is 0.920. The zero-order valence-corrected chi connectivity index (χ0v) is 11.3. The van der Waals surface area contributed by atoms with Crippen molar-refractivity contribution in [3.8, 4) is 0 Å². The number of aliphatic hydroxyl groups is 1. The van der Waals surface area contributed by atoms with Crippen LogP contribution in [-0.2, 0) is 7.05 Å². The Hall–Kier alpha value is -1.32. The predicted octanol–water partition coefficient (Wildman–Crippen LogP) is 3.30. The van der Waals surface area contributed by atoms with Crippen molar-refractivity contribution in [1.29, 1.82) is 0 Å². The summed E-state index contributed by atoms with van der Waals surface area (Å²) in [6.07, 6.45) is 1.77. The molecule has 1 aromatic carbocycles. The molecule has 0 aliphatic heterocycles. The lowest BCUT2D eigenvalue weighted by Crippen LogP contribution is -2.14. The summed E-state index contributed by atoms with van der Waals surface area (Å²) in [5.41, 5.74) is 1.79. The number of aryl methyl sites for hydroxylation is 1. The number of aliphatic hydroxyl groups excluding tert-OH is 1. The van der Waals surface area contributed by atoms with E-state index in [0.29, 0.717) is 10.7 Å². The second-order valence-electron chi connectivity index (χ2n) is 4.37. The summed E-state index contributed by atoms with van der Waals surface area (Å²) in [6.45, 7) is 2.06. The Kier molecular flexibility index (Phi) is 4.04. The molecule has 0 radical (unpaired) electrons. The molecule has 0 saturated heterocycles. The van der Waals surface area contributed by atoms with Gasteiger partial charge in [0, 0.05) is 13.0 Å². The summed E-state index contributed by atoms with van der Waals surface area (Å²) in [5, 5.41) is 15.1. The van der Waals surface area contributed by atoms with Gasteiger partial charge in [0.05, 0.1) is 16.9 Å². The normalized spacial score (nSPS) is 14.4. The molecular weight excluding hydrogens is 248 g/mol. The lowest BCUT2D eigenvalue weighted by Gasteiger charge is -2.22. The summed E-state index contributed by atoms with van der Waals surface area (Å²) >= 11 is 6.09.